The number of rotatable bonds is 12. The first-order valence-corrected chi connectivity index (χ1v) is 23.2. The summed E-state index contributed by atoms with van der Waals surface area (Å²) in [5.74, 6) is 0. The Hall–Kier alpha value is -0.240. The highest BCUT2D eigenvalue weighted by molar-refractivity contribution is 5.08. The number of aliphatic hydroxyl groups is 6. The molecule has 0 amide bonds. The molecule has 0 aromatic rings. The fourth-order valence-corrected chi connectivity index (χ4v) is 10.9. The first kappa shape index (κ1) is 49.8. The minimum Gasteiger partial charge on any atom is -0.396 e. The van der Waals surface area contributed by atoms with E-state index in [1.807, 2.05) is 0 Å². The summed E-state index contributed by atoms with van der Waals surface area (Å²) in [5, 5.41) is 63.6. The van der Waals surface area contributed by atoms with Crippen LogP contribution in [0.15, 0.2) is 0 Å². The molecule has 0 saturated heterocycles. The molecule has 6 N–H and O–H groups in total. The fourth-order valence-electron chi connectivity index (χ4n) is 10.9. The topological polar surface area (TPSA) is 121 Å². The van der Waals surface area contributed by atoms with Gasteiger partial charge in [0.15, 0.2) is 0 Å². The Labute approximate surface area is 323 Å². The van der Waals surface area contributed by atoms with Crippen molar-refractivity contribution in [3.8, 4) is 0 Å². The van der Waals surface area contributed by atoms with E-state index in [2.05, 4.69) is 0 Å². The molecule has 0 aromatic carbocycles. The van der Waals surface area contributed by atoms with Gasteiger partial charge in [-0.2, -0.15) is 0 Å². The van der Waals surface area contributed by atoms with Crippen molar-refractivity contribution in [2.45, 2.75) is 238 Å². The molecule has 6 heteroatoms. The van der Waals surface area contributed by atoms with Crippen molar-refractivity contribution < 1.29 is 30.6 Å². The maximum atomic E-state index is 10.7. The third kappa shape index (κ3) is 19.6. The minimum absolute atomic E-state index is 0.0209. The summed E-state index contributed by atoms with van der Waals surface area (Å²) in [5.41, 5.74) is -1.65. The highest BCUT2D eigenvalue weighted by Gasteiger charge is 2.59. The lowest BCUT2D eigenvalue weighted by atomic mass is 9.42. The van der Waals surface area contributed by atoms with Crippen molar-refractivity contribution in [1.29, 1.82) is 0 Å². The first-order chi connectivity index (χ1) is 25.6. The highest BCUT2D eigenvalue weighted by atomic mass is 16.3. The molecule has 0 atom stereocenters. The molecule has 1 fully saturated rings. The van der Waals surface area contributed by atoms with E-state index in [1.54, 1.807) is 0 Å². The minimum atomic E-state index is -0.628. The van der Waals surface area contributed by atoms with Gasteiger partial charge in [0.25, 0.3) is 0 Å². The van der Waals surface area contributed by atoms with Crippen LogP contribution in [0.5, 0.6) is 0 Å². The standard InChI is InChI=1S/C46H92O6/c47-38-32-44(33-39-48)30-28-26-24-22-20-18-16-14-12-10-8-6-4-2-1-3-5-7-9-11-13-15-17-19-21-23-25-27-29-31-45(34-40-49,35-41-50)46(44,36-42-51)37-43-52/h47-52H,1-43H2. The number of hydrogen-bond donors (Lipinski definition) is 6. The average molecular weight is 741 g/mol. The Balaban J connectivity index is 3.06. The van der Waals surface area contributed by atoms with Gasteiger partial charge in [-0.1, -0.05) is 186 Å². The summed E-state index contributed by atoms with van der Waals surface area (Å²) < 4.78 is 0. The van der Waals surface area contributed by atoms with Crippen LogP contribution in [0.2, 0.25) is 0 Å². The Morgan fingerprint density at radius 1 is 0.212 bits per heavy atom. The molecule has 0 aromatic heterocycles. The van der Waals surface area contributed by atoms with Crippen LogP contribution >= 0.6 is 0 Å². The molecule has 1 saturated carbocycles. The van der Waals surface area contributed by atoms with Crippen LogP contribution in [0.25, 0.3) is 0 Å². The van der Waals surface area contributed by atoms with Crippen molar-refractivity contribution in [1.82, 2.24) is 0 Å². The van der Waals surface area contributed by atoms with E-state index < -0.39 is 16.2 Å². The Morgan fingerprint density at radius 3 is 0.519 bits per heavy atom. The molecular formula is C46H92O6. The van der Waals surface area contributed by atoms with Crippen LogP contribution in [-0.2, 0) is 0 Å². The molecule has 0 bridgehead atoms. The molecule has 0 aliphatic heterocycles. The molecule has 0 unspecified atom stereocenters. The number of aliphatic hydroxyl groups excluding tert-OH is 6. The normalized spacial score (nSPS) is 23.0. The van der Waals surface area contributed by atoms with Gasteiger partial charge >= 0.3 is 0 Å². The fraction of sp³-hybridized carbons (Fsp3) is 1.00. The van der Waals surface area contributed by atoms with Crippen LogP contribution in [0.1, 0.15) is 238 Å². The van der Waals surface area contributed by atoms with Crippen molar-refractivity contribution in [3.63, 3.8) is 0 Å². The Kier molecular flexibility index (Phi) is 32.6. The monoisotopic (exact) mass is 741 g/mol. The molecule has 0 radical (unpaired) electrons. The Bertz CT molecular complexity index is 672. The first-order valence-electron chi connectivity index (χ1n) is 23.2. The molecule has 1 aliphatic carbocycles. The van der Waals surface area contributed by atoms with E-state index in [0.717, 1.165) is 38.5 Å². The summed E-state index contributed by atoms with van der Waals surface area (Å²) in [7, 11) is 0. The van der Waals surface area contributed by atoms with E-state index in [9.17, 15) is 30.6 Å². The van der Waals surface area contributed by atoms with Crippen molar-refractivity contribution in [3.05, 3.63) is 0 Å². The van der Waals surface area contributed by atoms with Crippen molar-refractivity contribution >= 4 is 0 Å². The molecule has 1 aliphatic rings. The van der Waals surface area contributed by atoms with Crippen LogP contribution in [-0.4, -0.2) is 70.3 Å². The molecule has 1 rings (SSSR count). The van der Waals surface area contributed by atoms with E-state index in [1.165, 1.54) is 161 Å². The Morgan fingerprint density at radius 2 is 0.365 bits per heavy atom. The van der Waals surface area contributed by atoms with Gasteiger partial charge in [0, 0.05) is 39.6 Å². The zero-order valence-electron chi connectivity index (χ0n) is 34.6. The zero-order chi connectivity index (χ0) is 37.9. The third-order valence-electron chi connectivity index (χ3n) is 13.8. The van der Waals surface area contributed by atoms with E-state index in [0.29, 0.717) is 38.5 Å². The maximum Gasteiger partial charge on any atom is 0.0436 e. The predicted molar refractivity (Wildman–Crippen MR) is 221 cm³/mol. The predicted octanol–water partition coefficient (Wildman–Crippen LogP) is 11.3. The SMILES string of the molecule is OCCC1(CCO)CCCCCCCCCCCCCCCCCCCCCCCCCCCCCCCC(CCO)(CCO)C1(CCO)CCO. The summed E-state index contributed by atoms with van der Waals surface area (Å²) in [4.78, 5) is 0. The van der Waals surface area contributed by atoms with E-state index in [-0.39, 0.29) is 39.6 Å². The lowest BCUT2D eigenvalue weighted by Crippen LogP contribution is -2.56. The summed E-state index contributed by atoms with van der Waals surface area (Å²) in [6.07, 6.45) is 42.5. The zero-order valence-corrected chi connectivity index (χ0v) is 34.6. The van der Waals surface area contributed by atoms with Gasteiger partial charge in [-0.25, -0.2) is 0 Å². The van der Waals surface area contributed by atoms with Gasteiger partial charge in [0.05, 0.1) is 0 Å². The van der Waals surface area contributed by atoms with Crippen molar-refractivity contribution in [2.75, 3.05) is 39.6 Å². The second-order valence-electron chi connectivity index (χ2n) is 17.2. The van der Waals surface area contributed by atoms with Crippen LogP contribution < -0.4 is 0 Å². The molecule has 312 valence electrons. The average Bonchev–Trinajstić information content (AvgIpc) is 3.13. The van der Waals surface area contributed by atoms with Gasteiger partial charge in [-0.05, 0) is 67.6 Å². The van der Waals surface area contributed by atoms with Crippen LogP contribution in [0.4, 0.5) is 0 Å². The molecular weight excluding hydrogens is 649 g/mol. The van der Waals surface area contributed by atoms with Gasteiger partial charge in [-0.3, -0.25) is 0 Å². The molecule has 52 heavy (non-hydrogen) atoms. The largest absolute Gasteiger partial charge is 0.396 e. The van der Waals surface area contributed by atoms with Crippen LogP contribution in [0, 0.1) is 16.2 Å². The van der Waals surface area contributed by atoms with E-state index >= 15 is 0 Å². The second-order valence-corrected chi connectivity index (χ2v) is 17.2. The smallest absolute Gasteiger partial charge is 0.0436 e. The molecule has 6 nitrogen and oxygen atoms in total. The van der Waals surface area contributed by atoms with Gasteiger partial charge in [0.2, 0.25) is 0 Å². The van der Waals surface area contributed by atoms with Crippen molar-refractivity contribution in [2.24, 2.45) is 16.2 Å². The van der Waals surface area contributed by atoms with Gasteiger partial charge in [0.1, 0.15) is 0 Å². The molecule has 0 spiro atoms. The van der Waals surface area contributed by atoms with E-state index in [4.69, 9.17) is 0 Å². The lowest BCUT2D eigenvalue weighted by Gasteiger charge is -2.62. The van der Waals surface area contributed by atoms with Gasteiger partial charge in [-0.15, -0.1) is 0 Å². The third-order valence-corrected chi connectivity index (χ3v) is 13.8. The lowest BCUT2D eigenvalue weighted by molar-refractivity contribution is -0.159. The van der Waals surface area contributed by atoms with Crippen LogP contribution in [0.3, 0.4) is 0 Å². The second kappa shape index (κ2) is 34.0. The highest BCUT2D eigenvalue weighted by Crippen LogP contribution is 2.65. The van der Waals surface area contributed by atoms with Gasteiger partial charge < -0.3 is 30.6 Å². The number of hydrogen-bond acceptors (Lipinski definition) is 6. The quantitative estimate of drug-likeness (QED) is 0.118. The maximum absolute atomic E-state index is 10.7. The molecule has 0 heterocycles. The summed E-state index contributed by atoms with van der Waals surface area (Å²) >= 11 is 0. The summed E-state index contributed by atoms with van der Waals surface area (Å²) in [6.45, 7) is -0.200. The summed E-state index contributed by atoms with van der Waals surface area (Å²) in [6, 6.07) is 0.